The summed E-state index contributed by atoms with van der Waals surface area (Å²) in [5.74, 6) is -1.04. The number of carbonyl (C=O) groups is 1. The summed E-state index contributed by atoms with van der Waals surface area (Å²) in [6.07, 6.45) is -0.0496. The van der Waals surface area contributed by atoms with Gasteiger partial charge < -0.3 is 9.64 Å². The molecule has 7 heteroatoms. The monoisotopic (exact) mass is 368 g/mol. The first kappa shape index (κ1) is 19.7. The fourth-order valence-corrected chi connectivity index (χ4v) is 4.26. The molecule has 0 bridgehead atoms. The van der Waals surface area contributed by atoms with Gasteiger partial charge in [-0.2, -0.15) is 0 Å². The minimum absolute atomic E-state index is 0.0496. The van der Waals surface area contributed by atoms with Crippen LogP contribution in [0.15, 0.2) is 24.3 Å². The minimum Gasteiger partial charge on any atom is -0.374 e. The van der Waals surface area contributed by atoms with Gasteiger partial charge in [-0.05, 0) is 39.8 Å². The number of nitrogens with one attached hydrogen (secondary N) is 1. The number of hydrogen-bond acceptors (Lipinski definition) is 4. The molecule has 0 saturated carbocycles. The highest BCUT2D eigenvalue weighted by molar-refractivity contribution is 7.92. The van der Waals surface area contributed by atoms with Gasteiger partial charge >= 0.3 is 0 Å². The van der Waals surface area contributed by atoms with E-state index in [1.807, 2.05) is 39.8 Å². The Morgan fingerprint density at radius 3 is 2.56 bits per heavy atom. The zero-order valence-electron chi connectivity index (χ0n) is 15.6. The van der Waals surface area contributed by atoms with Crippen molar-refractivity contribution in [3.05, 3.63) is 29.8 Å². The van der Waals surface area contributed by atoms with Crippen LogP contribution in [0.25, 0.3) is 0 Å². The number of nitrogens with zero attached hydrogens (tertiary/aromatic N) is 1. The lowest BCUT2D eigenvalue weighted by Crippen LogP contribution is -2.59. The fourth-order valence-electron chi connectivity index (χ4n) is 2.88. The number of benzene rings is 1. The number of hydrogen-bond donors (Lipinski definition) is 1. The first-order valence-electron chi connectivity index (χ1n) is 8.50. The fraction of sp³-hybridized carbons (Fsp3) is 0.611. The van der Waals surface area contributed by atoms with Crippen molar-refractivity contribution in [3.63, 3.8) is 0 Å². The highest BCUT2D eigenvalue weighted by Gasteiger charge is 2.39. The van der Waals surface area contributed by atoms with E-state index in [-0.39, 0.29) is 17.8 Å². The Balaban J connectivity index is 2.05. The molecular formula is C18H28N2O4S. The molecule has 1 saturated heterocycles. The number of ether oxygens (including phenoxy) is 1. The molecule has 1 fully saturated rings. The highest BCUT2D eigenvalue weighted by atomic mass is 32.2. The standard InChI is InChI=1S/C18H28N2O4S/c1-13-6-8-16(9-7-13)19-25(22,23)11-14(2)17(21)20-10-15(3)24-12-18(20,4)5/h6-9,14-15,19H,10-12H2,1-5H3. The summed E-state index contributed by atoms with van der Waals surface area (Å²) < 4.78 is 33.0. The van der Waals surface area contributed by atoms with Crippen molar-refractivity contribution in [1.82, 2.24) is 4.90 Å². The summed E-state index contributed by atoms with van der Waals surface area (Å²) in [4.78, 5) is 14.6. The zero-order valence-corrected chi connectivity index (χ0v) is 16.4. The van der Waals surface area contributed by atoms with Crippen LogP contribution in [0.4, 0.5) is 5.69 Å². The molecule has 1 aliphatic rings. The molecule has 140 valence electrons. The molecule has 1 N–H and O–H groups in total. The molecule has 1 amide bonds. The van der Waals surface area contributed by atoms with Crippen molar-refractivity contribution in [2.45, 2.75) is 46.3 Å². The van der Waals surface area contributed by atoms with E-state index >= 15 is 0 Å². The van der Waals surface area contributed by atoms with Gasteiger partial charge in [0.15, 0.2) is 0 Å². The SMILES string of the molecule is Cc1ccc(NS(=O)(=O)CC(C)C(=O)N2CC(C)OCC2(C)C)cc1. The van der Waals surface area contributed by atoms with Crippen LogP contribution in [-0.2, 0) is 19.6 Å². The number of aryl methyl sites for hydroxylation is 1. The topological polar surface area (TPSA) is 75.7 Å². The summed E-state index contributed by atoms with van der Waals surface area (Å²) in [5.41, 5.74) is 1.12. The highest BCUT2D eigenvalue weighted by Crippen LogP contribution is 2.24. The van der Waals surface area contributed by atoms with E-state index in [9.17, 15) is 13.2 Å². The average Bonchev–Trinajstić information content (AvgIpc) is 2.50. The van der Waals surface area contributed by atoms with Crippen molar-refractivity contribution in [2.75, 3.05) is 23.6 Å². The van der Waals surface area contributed by atoms with Crippen LogP contribution in [0, 0.1) is 12.8 Å². The first-order valence-corrected chi connectivity index (χ1v) is 10.2. The van der Waals surface area contributed by atoms with Gasteiger partial charge in [0.05, 0.1) is 29.9 Å². The maximum absolute atomic E-state index is 12.8. The van der Waals surface area contributed by atoms with E-state index in [2.05, 4.69) is 4.72 Å². The molecule has 1 heterocycles. The van der Waals surface area contributed by atoms with E-state index in [0.717, 1.165) is 5.56 Å². The Morgan fingerprint density at radius 2 is 1.96 bits per heavy atom. The third-order valence-electron chi connectivity index (χ3n) is 4.37. The van der Waals surface area contributed by atoms with E-state index in [0.29, 0.717) is 18.8 Å². The number of morpholine rings is 1. The minimum atomic E-state index is -3.61. The molecule has 25 heavy (non-hydrogen) atoms. The number of anilines is 1. The van der Waals surface area contributed by atoms with Crippen LogP contribution in [-0.4, -0.2) is 49.8 Å². The summed E-state index contributed by atoms with van der Waals surface area (Å²) in [6.45, 7) is 10.3. The molecule has 1 aromatic rings. The first-order chi connectivity index (χ1) is 11.5. The maximum atomic E-state index is 12.8. The maximum Gasteiger partial charge on any atom is 0.233 e. The molecule has 0 radical (unpaired) electrons. The van der Waals surface area contributed by atoms with Gasteiger partial charge in [0.1, 0.15) is 0 Å². The Kier molecular flexibility index (Phi) is 5.79. The van der Waals surface area contributed by atoms with Crippen LogP contribution in [0.3, 0.4) is 0 Å². The van der Waals surface area contributed by atoms with Crippen LogP contribution < -0.4 is 4.72 Å². The van der Waals surface area contributed by atoms with Crippen LogP contribution in [0.5, 0.6) is 0 Å². The Bertz CT molecular complexity index is 713. The van der Waals surface area contributed by atoms with Crippen molar-refractivity contribution >= 4 is 21.6 Å². The molecule has 1 aromatic carbocycles. The molecule has 0 spiro atoms. The number of carbonyl (C=O) groups excluding carboxylic acids is 1. The molecule has 0 aromatic heterocycles. The second-order valence-corrected chi connectivity index (χ2v) is 9.30. The van der Waals surface area contributed by atoms with Crippen LogP contribution in [0.2, 0.25) is 0 Å². The second-order valence-electron chi connectivity index (χ2n) is 7.53. The zero-order chi connectivity index (χ0) is 18.8. The smallest absolute Gasteiger partial charge is 0.233 e. The van der Waals surface area contributed by atoms with Gasteiger partial charge in [-0.1, -0.05) is 24.6 Å². The Morgan fingerprint density at radius 1 is 1.36 bits per heavy atom. The van der Waals surface area contributed by atoms with Crippen molar-refractivity contribution < 1.29 is 17.9 Å². The molecular weight excluding hydrogens is 340 g/mol. The lowest BCUT2D eigenvalue weighted by molar-refractivity contribution is -0.155. The van der Waals surface area contributed by atoms with Crippen LogP contribution >= 0.6 is 0 Å². The predicted octanol–water partition coefficient (Wildman–Crippen LogP) is 2.40. The second kappa shape index (κ2) is 7.33. The molecule has 2 rings (SSSR count). The van der Waals surface area contributed by atoms with Gasteiger partial charge in [0.2, 0.25) is 15.9 Å². The number of amides is 1. The average molecular weight is 368 g/mol. The summed E-state index contributed by atoms with van der Waals surface area (Å²) in [6, 6.07) is 7.10. The Hall–Kier alpha value is -1.60. The molecule has 2 unspecified atom stereocenters. The van der Waals surface area contributed by atoms with Gasteiger partial charge in [-0.3, -0.25) is 9.52 Å². The number of rotatable bonds is 5. The van der Waals surface area contributed by atoms with Gasteiger partial charge in [-0.15, -0.1) is 0 Å². The molecule has 6 nitrogen and oxygen atoms in total. The predicted molar refractivity (Wildman–Crippen MR) is 99.0 cm³/mol. The van der Waals surface area contributed by atoms with Crippen molar-refractivity contribution in [1.29, 1.82) is 0 Å². The van der Waals surface area contributed by atoms with E-state index in [1.165, 1.54) is 0 Å². The third kappa shape index (κ3) is 5.19. The van der Waals surface area contributed by atoms with E-state index < -0.39 is 21.5 Å². The normalized spacial score (nSPS) is 21.6. The third-order valence-corrected chi connectivity index (χ3v) is 5.86. The van der Waals surface area contributed by atoms with E-state index in [1.54, 1.807) is 24.0 Å². The number of sulfonamides is 1. The Labute approximate surface area is 150 Å². The van der Waals surface area contributed by atoms with Gasteiger partial charge in [-0.25, -0.2) is 8.42 Å². The largest absolute Gasteiger partial charge is 0.374 e. The molecule has 0 aliphatic carbocycles. The molecule has 1 aliphatic heterocycles. The molecule has 2 atom stereocenters. The quantitative estimate of drug-likeness (QED) is 0.866. The van der Waals surface area contributed by atoms with Crippen molar-refractivity contribution in [3.8, 4) is 0 Å². The van der Waals surface area contributed by atoms with Gasteiger partial charge in [0.25, 0.3) is 0 Å². The van der Waals surface area contributed by atoms with Crippen LogP contribution in [0.1, 0.15) is 33.3 Å². The van der Waals surface area contributed by atoms with E-state index in [4.69, 9.17) is 4.74 Å². The van der Waals surface area contributed by atoms with Crippen molar-refractivity contribution in [2.24, 2.45) is 5.92 Å². The lowest BCUT2D eigenvalue weighted by Gasteiger charge is -2.45. The summed E-state index contributed by atoms with van der Waals surface area (Å²) in [7, 11) is -3.61. The van der Waals surface area contributed by atoms with Gasteiger partial charge in [0, 0.05) is 12.2 Å². The summed E-state index contributed by atoms with van der Waals surface area (Å²) in [5, 5.41) is 0. The summed E-state index contributed by atoms with van der Waals surface area (Å²) >= 11 is 0. The lowest BCUT2D eigenvalue weighted by atomic mass is 9.98.